The summed E-state index contributed by atoms with van der Waals surface area (Å²) in [5, 5.41) is 11.8. The maximum Gasteiger partial charge on any atom is 0.306 e. The quantitative estimate of drug-likeness (QED) is 0.817. The van der Waals surface area contributed by atoms with E-state index in [9.17, 15) is 4.79 Å². The number of hydrogen-bond acceptors (Lipinski definition) is 3. The van der Waals surface area contributed by atoms with E-state index in [1.165, 1.54) is 0 Å². The van der Waals surface area contributed by atoms with Crippen LogP contribution in [0.5, 0.6) is 0 Å². The number of aryl methyl sites for hydroxylation is 1. The van der Waals surface area contributed by atoms with E-state index in [4.69, 9.17) is 5.11 Å². The van der Waals surface area contributed by atoms with Crippen LogP contribution in [0.15, 0.2) is 5.38 Å². The van der Waals surface area contributed by atoms with Gasteiger partial charge in [0.15, 0.2) is 0 Å². The van der Waals surface area contributed by atoms with Gasteiger partial charge in [0.05, 0.1) is 10.9 Å². The molecule has 0 amide bonds. The Hall–Kier alpha value is -0.900. The van der Waals surface area contributed by atoms with E-state index in [0.717, 1.165) is 23.5 Å². The van der Waals surface area contributed by atoms with Crippen LogP contribution in [0.4, 0.5) is 0 Å². The third kappa shape index (κ3) is 3.10. The van der Waals surface area contributed by atoms with Crippen molar-refractivity contribution in [3.63, 3.8) is 0 Å². The highest BCUT2D eigenvalue weighted by Gasteiger charge is 2.18. The minimum absolute atomic E-state index is 0.273. The average Bonchev–Trinajstić information content (AvgIpc) is 2.50. The van der Waals surface area contributed by atoms with Gasteiger partial charge in [0.2, 0.25) is 0 Å². The predicted octanol–water partition coefficient (Wildman–Crippen LogP) is 2.49. The zero-order valence-corrected chi connectivity index (χ0v) is 9.30. The molecule has 1 N–H and O–H groups in total. The Bertz CT molecular complexity index is 309. The molecule has 0 bridgehead atoms. The molecule has 0 aliphatic carbocycles. The predicted molar refractivity (Wildman–Crippen MR) is 56.6 cm³/mol. The van der Waals surface area contributed by atoms with E-state index in [0.29, 0.717) is 6.42 Å². The van der Waals surface area contributed by atoms with Gasteiger partial charge >= 0.3 is 5.97 Å². The van der Waals surface area contributed by atoms with Gasteiger partial charge in [-0.15, -0.1) is 11.3 Å². The van der Waals surface area contributed by atoms with Crippen molar-refractivity contribution >= 4 is 17.3 Å². The van der Waals surface area contributed by atoms with Crippen LogP contribution in [0.25, 0.3) is 0 Å². The summed E-state index contributed by atoms with van der Waals surface area (Å²) in [7, 11) is 0. The molecule has 4 heteroatoms. The molecule has 0 saturated carbocycles. The van der Waals surface area contributed by atoms with Crippen LogP contribution < -0.4 is 0 Å². The number of nitrogens with zero attached hydrogens (tertiary/aromatic N) is 1. The zero-order chi connectivity index (χ0) is 10.6. The van der Waals surface area contributed by atoms with Crippen molar-refractivity contribution in [1.29, 1.82) is 0 Å². The number of rotatable bonds is 5. The van der Waals surface area contributed by atoms with Crippen molar-refractivity contribution in [2.75, 3.05) is 0 Å². The summed E-state index contributed by atoms with van der Waals surface area (Å²) in [6, 6.07) is 0. The second-order valence-corrected chi connectivity index (χ2v) is 4.35. The molecule has 0 radical (unpaired) electrons. The van der Waals surface area contributed by atoms with Crippen LogP contribution in [-0.2, 0) is 11.2 Å². The fourth-order valence-electron chi connectivity index (χ4n) is 1.37. The first-order valence-corrected chi connectivity index (χ1v) is 5.65. The zero-order valence-electron chi connectivity index (χ0n) is 8.49. The maximum atomic E-state index is 10.9. The Morgan fingerprint density at radius 3 is 2.86 bits per heavy atom. The molecule has 0 aliphatic rings. The lowest BCUT2D eigenvalue weighted by atomic mass is 10.0. The maximum absolute atomic E-state index is 10.9. The van der Waals surface area contributed by atoms with Crippen LogP contribution in [0.1, 0.15) is 30.5 Å². The molecule has 0 saturated heterocycles. The summed E-state index contributed by atoms with van der Waals surface area (Å²) in [4.78, 5) is 15.1. The van der Waals surface area contributed by atoms with Crippen molar-refractivity contribution in [3.8, 4) is 0 Å². The molecule has 3 nitrogen and oxygen atoms in total. The number of carboxylic acids is 1. The summed E-state index contributed by atoms with van der Waals surface area (Å²) in [5.41, 5.74) is 0.977. The molecule has 0 spiro atoms. The molecule has 14 heavy (non-hydrogen) atoms. The van der Waals surface area contributed by atoms with Crippen molar-refractivity contribution < 1.29 is 9.90 Å². The third-order valence-corrected chi connectivity index (χ3v) is 3.06. The Morgan fingerprint density at radius 1 is 1.71 bits per heavy atom. The molecular weight excluding hydrogens is 198 g/mol. The van der Waals surface area contributed by atoms with Crippen LogP contribution in [-0.4, -0.2) is 16.1 Å². The van der Waals surface area contributed by atoms with Crippen molar-refractivity contribution in [2.24, 2.45) is 5.92 Å². The second kappa shape index (κ2) is 5.10. The SMILES string of the molecule is CCCC(Cc1nc(C)cs1)C(=O)O. The summed E-state index contributed by atoms with van der Waals surface area (Å²) in [5.74, 6) is -0.981. The first-order chi connectivity index (χ1) is 6.63. The lowest BCUT2D eigenvalue weighted by Crippen LogP contribution is -2.16. The summed E-state index contributed by atoms with van der Waals surface area (Å²) in [6.07, 6.45) is 2.21. The van der Waals surface area contributed by atoms with E-state index in [-0.39, 0.29) is 5.92 Å². The molecule has 1 atom stereocenters. The summed E-state index contributed by atoms with van der Waals surface area (Å²) >= 11 is 1.55. The number of thiazole rings is 1. The third-order valence-electron chi connectivity index (χ3n) is 2.07. The number of aliphatic carboxylic acids is 1. The average molecular weight is 213 g/mol. The van der Waals surface area contributed by atoms with Gasteiger partial charge < -0.3 is 5.11 Å². The largest absolute Gasteiger partial charge is 0.481 e. The number of aromatic nitrogens is 1. The first-order valence-electron chi connectivity index (χ1n) is 4.77. The molecule has 1 aromatic rings. The van der Waals surface area contributed by atoms with E-state index >= 15 is 0 Å². The lowest BCUT2D eigenvalue weighted by molar-refractivity contribution is -0.141. The van der Waals surface area contributed by atoms with Gasteiger partial charge in [0.1, 0.15) is 0 Å². The van der Waals surface area contributed by atoms with Crippen LogP contribution >= 0.6 is 11.3 Å². The highest BCUT2D eigenvalue weighted by Crippen LogP contribution is 2.17. The van der Waals surface area contributed by atoms with Crippen LogP contribution in [0.2, 0.25) is 0 Å². The van der Waals surface area contributed by atoms with E-state index in [1.54, 1.807) is 11.3 Å². The molecule has 0 fully saturated rings. The van der Waals surface area contributed by atoms with Crippen molar-refractivity contribution in [2.45, 2.75) is 33.1 Å². The Balaban J connectivity index is 2.59. The molecule has 1 unspecified atom stereocenters. The number of carboxylic acid groups (broad SMARTS) is 1. The van der Waals surface area contributed by atoms with Gasteiger partial charge in [0.25, 0.3) is 0 Å². The fourth-order valence-corrected chi connectivity index (χ4v) is 2.22. The van der Waals surface area contributed by atoms with E-state index in [1.807, 2.05) is 19.2 Å². The Morgan fingerprint density at radius 2 is 2.43 bits per heavy atom. The van der Waals surface area contributed by atoms with Crippen LogP contribution in [0, 0.1) is 12.8 Å². The van der Waals surface area contributed by atoms with Crippen LogP contribution in [0.3, 0.4) is 0 Å². The van der Waals surface area contributed by atoms with E-state index in [2.05, 4.69) is 4.98 Å². The first kappa shape index (κ1) is 11.2. The molecule has 1 aromatic heterocycles. The molecular formula is C10H15NO2S. The minimum atomic E-state index is -0.709. The smallest absolute Gasteiger partial charge is 0.306 e. The topological polar surface area (TPSA) is 50.2 Å². The molecule has 0 aliphatic heterocycles. The van der Waals surface area contributed by atoms with Crippen molar-refractivity contribution in [3.05, 3.63) is 16.1 Å². The van der Waals surface area contributed by atoms with Gasteiger partial charge in [-0.3, -0.25) is 4.79 Å². The lowest BCUT2D eigenvalue weighted by Gasteiger charge is -2.08. The summed E-state index contributed by atoms with van der Waals surface area (Å²) < 4.78 is 0. The highest BCUT2D eigenvalue weighted by atomic mass is 32.1. The van der Waals surface area contributed by atoms with Gasteiger partial charge in [-0.1, -0.05) is 13.3 Å². The Kier molecular flexibility index (Phi) is 4.07. The van der Waals surface area contributed by atoms with Crippen molar-refractivity contribution in [1.82, 2.24) is 4.98 Å². The monoisotopic (exact) mass is 213 g/mol. The molecule has 0 aromatic carbocycles. The molecule has 78 valence electrons. The van der Waals surface area contributed by atoms with Gasteiger partial charge in [-0.25, -0.2) is 4.98 Å². The summed E-state index contributed by atoms with van der Waals surface area (Å²) in [6.45, 7) is 3.93. The van der Waals surface area contributed by atoms with Gasteiger partial charge in [0, 0.05) is 17.5 Å². The second-order valence-electron chi connectivity index (χ2n) is 3.41. The molecule has 1 rings (SSSR count). The molecule has 1 heterocycles. The van der Waals surface area contributed by atoms with Gasteiger partial charge in [-0.05, 0) is 13.3 Å². The Labute approximate surface area is 87.8 Å². The fraction of sp³-hybridized carbons (Fsp3) is 0.600. The van der Waals surface area contributed by atoms with E-state index < -0.39 is 5.97 Å². The van der Waals surface area contributed by atoms with Gasteiger partial charge in [-0.2, -0.15) is 0 Å². The number of carbonyl (C=O) groups is 1. The standard InChI is InChI=1S/C10H15NO2S/c1-3-4-8(10(12)13)5-9-11-7(2)6-14-9/h6,8H,3-5H2,1-2H3,(H,12,13). The number of hydrogen-bond donors (Lipinski definition) is 1. The highest BCUT2D eigenvalue weighted by molar-refractivity contribution is 7.09. The normalized spacial score (nSPS) is 12.7. The minimum Gasteiger partial charge on any atom is -0.481 e.